The van der Waals surface area contributed by atoms with Crippen LogP contribution in [-0.4, -0.2) is 47.2 Å². The number of β-amino-alcohol motifs (C(OH)–C–C–N with tert-alkyl or cyclic N) is 1. The van der Waals surface area contributed by atoms with Crippen LogP contribution in [0, 0.1) is 0 Å². The van der Waals surface area contributed by atoms with Gasteiger partial charge in [-0.3, -0.25) is 4.79 Å². The van der Waals surface area contributed by atoms with Gasteiger partial charge in [0.25, 0.3) is 0 Å². The van der Waals surface area contributed by atoms with Gasteiger partial charge < -0.3 is 14.7 Å². The summed E-state index contributed by atoms with van der Waals surface area (Å²) in [5, 5.41) is 10.1. The largest absolute Gasteiger partial charge is 0.464 e. The van der Waals surface area contributed by atoms with Gasteiger partial charge in [-0.1, -0.05) is 149 Å². The zero-order valence-corrected chi connectivity index (χ0v) is 25.4. The van der Waals surface area contributed by atoms with Crippen molar-refractivity contribution in [2.75, 3.05) is 13.2 Å². The quantitative estimate of drug-likeness (QED) is 0.0883. The molecule has 0 saturated carbocycles. The Bertz CT molecular complexity index is 567. The van der Waals surface area contributed by atoms with Gasteiger partial charge in [-0.05, 0) is 12.8 Å². The summed E-state index contributed by atoms with van der Waals surface area (Å²) >= 11 is 0. The standard InChI is InChI=1S/C33H63NO4/c1-3-5-7-9-11-13-14-15-16-17-19-21-23-25-27-38-33(37)31-28-30(35)29-34(31)32(36)26-24-22-20-18-12-10-8-6-4-2/h30-31,35H,3-29H2,1-2H3/t30?,31-/m0/s1. The fourth-order valence-electron chi connectivity index (χ4n) is 5.61. The molecule has 0 aromatic carbocycles. The lowest BCUT2D eigenvalue weighted by atomic mass is 10.0. The molecule has 1 aliphatic heterocycles. The van der Waals surface area contributed by atoms with E-state index in [1.807, 2.05) is 0 Å². The van der Waals surface area contributed by atoms with Gasteiger partial charge in [0.05, 0.1) is 12.7 Å². The highest BCUT2D eigenvalue weighted by atomic mass is 16.5. The van der Waals surface area contributed by atoms with Crippen LogP contribution in [0.5, 0.6) is 0 Å². The van der Waals surface area contributed by atoms with E-state index in [4.69, 9.17) is 4.74 Å². The molecule has 38 heavy (non-hydrogen) atoms. The molecule has 1 amide bonds. The number of hydrogen-bond acceptors (Lipinski definition) is 4. The number of hydrogen-bond donors (Lipinski definition) is 1. The first kappa shape index (κ1) is 34.9. The Morgan fingerprint density at radius 2 is 1.03 bits per heavy atom. The van der Waals surface area contributed by atoms with E-state index < -0.39 is 12.1 Å². The van der Waals surface area contributed by atoms with Crippen molar-refractivity contribution in [2.45, 2.75) is 187 Å². The molecule has 1 saturated heterocycles. The summed E-state index contributed by atoms with van der Waals surface area (Å²) in [4.78, 5) is 26.9. The topological polar surface area (TPSA) is 66.8 Å². The Morgan fingerprint density at radius 1 is 0.632 bits per heavy atom. The number of amides is 1. The third kappa shape index (κ3) is 18.2. The number of carbonyl (C=O) groups excluding carboxylic acids is 2. The normalized spacial score (nSPS) is 17.3. The maximum absolute atomic E-state index is 12.7. The second-order valence-electron chi connectivity index (χ2n) is 11.8. The van der Waals surface area contributed by atoms with Crippen molar-refractivity contribution in [1.29, 1.82) is 0 Å². The number of carbonyl (C=O) groups is 2. The zero-order chi connectivity index (χ0) is 27.7. The minimum atomic E-state index is -0.624. The van der Waals surface area contributed by atoms with Gasteiger partial charge in [0.15, 0.2) is 0 Å². The van der Waals surface area contributed by atoms with E-state index in [1.165, 1.54) is 122 Å². The van der Waals surface area contributed by atoms with E-state index in [2.05, 4.69) is 13.8 Å². The highest BCUT2D eigenvalue weighted by Crippen LogP contribution is 2.22. The minimum Gasteiger partial charge on any atom is -0.464 e. The van der Waals surface area contributed by atoms with E-state index in [-0.39, 0.29) is 18.4 Å². The SMILES string of the molecule is CCCCCCCCCCCCCCCCOC(=O)[C@@H]1CC(O)CN1C(=O)CCCCCCCCCCC. The Morgan fingerprint density at radius 3 is 1.47 bits per heavy atom. The van der Waals surface area contributed by atoms with Crippen LogP contribution >= 0.6 is 0 Å². The van der Waals surface area contributed by atoms with Crippen LogP contribution in [0.1, 0.15) is 174 Å². The number of esters is 1. The van der Waals surface area contributed by atoms with E-state index in [1.54, 1.807) is 4.90 Å². The molecule has 0 bridgehead atoms. The van der Waals surface area contributed by atoms with Gasteiger partial charge in [-0.15, -0.1) is 0 Å². The lowest BCUT2D eigenvalue weighted by Gasteiger charge is -2.23. The van der Waals surface area contributed by atoms with Gasteiger partial charge in [-0.2, -0.15) is 0 Å². The summed E-state index contributed by atoms with van der Waals surface area (Å²) in [6, 6.07) is -0.609. The van der Waals surface area contributed by atoms with Gasteiger partial charge in [0.2, 0.25) is 5.91 Å². The van der Waals surface area contributed by atoms with Crippen LogP contribution in [0.15, 0.2) is 0 Å². The first-order valence-electron chi connectivity index (χ1n) is 16.7. The summed E-state index contributed by atoms with van der Waals surface area (Å²) in [5.41, 5.74) is 0. The molecule has 5 nitrogen and oxygen atoms in total. The number of aliphatic hydroxyl groups excluding tert-OH is 1. The molecule has 1 aliphatic rings. The molecular formula is C33H63NO4. The van der Waals surface area contributed by atoms with Crippen LogP contribution < -0.4 is 0 Å². The molecule has 0 aromatic heterocycles. The van der Waals surface area contributed by atoms with Gasteiger partial charge >= 0.3 is 5.97 Å². The molecule has 2 atom stereocenters. The lowest BCUT2D eigenvalue weighted by Crippen LogP contribution is -2.41. The molecule has 1 N–H and O–H groups in total. The Labute approximate surface area is 235 Å². The highest BCUT2D eigenvalue weighted by Gasteiger charge is 2.39. The van der Waals surface area contributed by atoms with Crippen LogP contribution in [0.2, 0.25) is 0 Å². The van der Waals surface area contributed by atoms with Crippen LogP contribution in [0.3, 0.4) is 0 Å². The van der Waals surface area contributed by atoms with Crippen molar-refractivity contribution in [3.8, 4) is 0 Å². The van der Waals surface area contributed by atoms with Gasteiger partial charge in [-0.25, -0.2) is 4.79 Å². The third-order valence-electron chi connectivity index (χ3n) is 8.11. The van der Waals surface area contributed by atoms with Crippen molar-refractivity contribution in [2.24, 2.45) is 0 Å². The number of aliphatic hydroxyl groups is 1. The molecule has 0 aliphatic carbocycles. The number of ether oxygens (including phenoxy) is 1. The molecule has 1 unspecified atom stereocenters. The summed E-state index contributed by atoms with van der Waals surface area (Å²) in [5.74, 6) is -0.348. The average Bonchev–Trinajstić information content (AvgIpc) is 3.31. The molecule has 0 aromatic rings. The number of rotatable bonds is 26. The predicted octanol–water partition coefficient (Wildman–Crippen LogP) is 8.89. The highest BCUT2D eigenvalue weighted by molar-refractivity contribution is 5.85. The lowest BCUT2D eigenvalue weighted by molar-refractivity contribution is -0.153. The summed E-state index contributed by atoms with van der Waals surface area (Å²) in [6.07, 6.45) is 29.2. The average molecular weight is 538 g/mol. The third-order valence-corrected chi connectivity index (χ3v) is 8.11. The van der Waals surface area contributed by atoms with Crippen LogP contribution in [0.4, 0.5) is 0 Å². The summed E-state index contributed by atoms with van der Waals surface area (Å²) < 4.78 is 5.52. The van der Waals surface area contributed by atoms with E-state index in [0.717, 1.165) is 25.7 Å². The number of likely N-dealkylation sites (tertiary alicyclic amines) is 1. The van der Waals surface area contributed by atoms with Crippen molar-refractivity contribution < 1.29 is 19.4 Å². The monoisotopic (exact) mass is 537 g/mol. The second kappa shape index (κ2) is 24.9. The molecular weight excluding hydrogens is 474 g/mol. The molecule has 1 heterocycles. The fraction of sp³-hybridized carbons (Fsp3) is 0.939. The van der Waals surface area contributed by atoms with Crippen molar-refractivity contribution >= 4 is 11.9 Å². The van der Waals surface area contributed by atoms with Crippen molar-refractivity contribution in [3.63, 3.8) is 0 Å². The molecule has 0 radical (unpaired) electrons. The van der Waals surface area contributed by atoms with E-state index in [9.17, 15) is 14.7 Å². The maximum atomic E-state index is 12.7. The van der Waals surface area contributed by atoms with Gasteiger partial charge in [0, 0.05) is 19.4 Å². The molecule has 1 rings (SSSR count). The smallest absolute Gasteiger partial charge is 0.328 e. The Kier molecular flexibility index (Phi) is 22.9. The Hall–Kier alpha value is -1.10. The van der Waals surface area contributed by atoms with E-state index >= 15 is 0 Å². The maximum Gasteiger partial charge on any atom is 0.328 e. The molecule has 1 fully saturated rings. The number of unbranched alkanes of at least 4 members (excludes halogenated alkanes) is 21. The van der Waals surface area contributed by atoms with Crippen LogP contribution in [-0.2, 0) is 14.3 Å². The molecule has 0 spiro atoms. The Balaban J connectivity index is 2.03. The first-order valence-corrected chi connectivity index (χ1v) is 16.7. The molecule has 5 heteroatoms. The second-order valence-corrected chi connectivity index (χ2v) is 11.8. The van der Waals surface area contributed by atoms with Crippen LogP contribution in [0.25, 0.3) is 0 Å². The van der Waals surface area contributed by atoms with Gasteiger partial charge in [0.1, 0.15) is 6.04 Å². The van der Waals surface area contributed by atoms with Crippen molar-refractivity contribution in [3.05, 3.63) is 0 Å². The fourth-order valence-corrected chi connectivity index (χ4v) is 5.61. The van der Waals surface area contributed by atoms with E-state index in [0.29, 0.717) is 19.4 Å². The first-order chi connectivity index (χ1) is 18.6. The number of nitrogens with zero attached hydrogens (tertiary/aromatic N) is 1. The summed E-state index contributed by atoms with van der Waals surface area (Å²) in [7, 11) is 0. The zero-order valence-electron chi connectivity index (χ0n) is 25.4. The predicted molar refractivity (Wildman–Crippen MR) is 159 cm³/mol. The summed E-state index contributed by atoms with van der Waals surface area (Å²) in [6.45, 7) is 5.19. The minimum absolute atomic E-state index is 0.0112. The molecule has 224 valence electrons. The van der Waals surface area contributed by atoms with Crippen molar-refractivity contribution in [1.82, 2.24) is 4.90 Å².